The third kappa shape index (κ3) is 3.65. The average Bonchev–Trinajstić information content (AvgIpc) is 3.26. The van der Waals surface area contributed by atoms with Gasteiger partial charge < -0.3 is 10.3 Å². The molecule has 0 radical (unpaired) electrons. The Hall–Kier alpha value is -2.60. The van der Waals surface area contributed by atoms with E-state index >= 15 is 0 Å². The van der Waals surface area contributed by atoms with Crippen LogP contribution < -0.4 is 5.73 Å². The van der Waals surface area contributed by atoms with E-state index < -0.39 is 21.3 Å². The van der Waals surface area contributed by atoms with Crippen molar-refractivity contribution in [3.05, 3.63) is 71.0 Å². The molecule has 4 rings (SSSR count). The minimum Gasteiger partial charge on any atom is -0.394 e. The van der Waals surface area contributed by atoms with Crippen molar-refractivity contribution >= 4 is 39.9 Å². The highest BCUT2D eigenvalue weighted by Gasteiger charge is 2.37. The highest BCUT2D eigenvalue weighted by molar-refractivity contribution is 14.1. The van der Waals surface area contributed by atoms with E-state index in [-0.39, 0.29) is 39.0 Å². The Morgan fingerprint density at radius 1 is 1.13 bits per heavy atom. The number of nitrogen functional groups attached to an aromatic ring is 1. The van der Waals surface area contributed by atoms with Crippen molar-refractivity contribution in [2.24, 2.45) is 0 Å². The minimum absolute atomic E-state index is 0.0245. The molecule has 0 unspecified atom stereocenters. The molecule has 2 heterocycles. The number of rotatable bonds is 4. The van der Waals surface area contributed by atoms with Crippen LogP contribution in [-0.2, 0) is 3.93 Å². The van der Waals surface area contributed by atoms with Gasteiger partial charge in [0.15, 0.2) is 11.5 Å². The molecule has 0 saturated heterocycles. The molecular formula is C19H10ClF4IN4O. The topological polar surface area (TPSA) is 69.9 Å². The molecule has 0 aliphatic rings. The summed E-state index contributed by atoms with van der Waals surface area (Å²) in [5, 5.41) is 7.64. The number of nitrogens with zero attached hydrogens (tertiary/aromatic N) is 3. The fraction of sp³-hybridized carbons (Fsp3) is 0.0526. The maximum absolute atomic E-state index is 14.3. The van der Waals surface area contributed by atoms with Gasteiger partial charge in [-0.25, -0.2) is 13.5 Å². The predicted molar refractivity (Wildman–Crippen MR) is 112 cm³/mol. The molecule has 0 fully saturated rings. The third-order valence-corrected chi connectivity index (χ3v) is 5.05. The molecule has 0 atom stereocenters. The van der Waals surface area contributed by atoms with Crippen LogP contribution in [0.15, 0.2) is 53.2 Å². The van der Waals surface area contributed by atoms with Crippen molar-refractivity contribution in [2.45, 2.75) is 3.93 Å². The van der Waals surface area contributed by atoms with E-state index in [0.717, 1.165) is 39.4 Å². The molecule has 0 aliphatic heterocycles. The van der Waals surface area contributed by atoms with Crippen LogP contribution in [0.25, 0.3) is 28.3 Å². The molecule has 0 amide bonds. The first-order valence-corrected chi connectivity index (χ1v) is 9.75. The lowest BCUT2D eigenvalue weighted by Crippen LogP contribution is -2.06. The lowest BCUT2D eigenvalue weighted by Gasteiger charge is -2.07. The molecule has 30 heavy (non-hydrogen) atoms. The lowest BCUT2D eigenvalue weighted by molar-refractivity contribution is 0.122. The van der Waals surface area contributed by atoms with Crippen molar-refractivity contribution < 1.29 is 22.1 Å². The van der Waals surface area contributed by atoms with Gasteiger partial charge in [-0.15, -0.1) is 0 Å². The van der Waals surface area contributed by atoms with Crippen LogP contribution in [0.3, 0.4) is 0 Å². The van der Waals surface area contributed by atoms with Crippen LogP contribution in [0.4, 0.5) is 23.2 Å². The van der Waals surface area contributed by atoms with Crippen molar-refractivity contribution in [1.29, 1.82) is 0 Å². The number of hydrogen-bond acceptors (Lipinski definition) is 4. The van der Waals surface area contributed by atoms with E-state index in [1.807, 2.05) is 0 Å². The van der Waals surface area contributed by atoms with Crippen molar-refractivity contribution in [1.82, 2.24) is 14.9 Å². The van der Waals surface area contributed by atoms with E-state index in [9.17, 15) is 17.6 Å². The standard InChI is InChI=1S/C19H10ClF4IN4O/c20-12-5-2-6-13(22)14(12)16-15(26)17(30-28-16)11-8-29(27-18(11)19(23,24)25)10-4-1-3-9(21)7-10/h1-8H,26H2. The number of aromatic nitrogens is 3. The first-order chi connectivity index (χ1) is 14.2. The normalized spacial score (nSPS) is 11.8. The van der Waals surface area contributed by atoms with Crippen LogP contribution in [0, 0.1) is 11.6 Å². The Bertz CT molecular complexity index is 1230. The highest BCUT2D eigenvalue weighted by Crippen LogP contribution is 2.44. The molecular weight excluding hydrogens is 539 g/mol. The third-order valence-electron chi connectivity index (χ3n) is 4.23. The Labute approximate surface area is 185 Å². The second-order valence-electron chi connectivity index (χ2n) is 6.18. The Morgan fingerprint density at radius 3 is 2.53 bits per heavy atom. The van der Waals surface area contributed by atoms with Gasteiger partial charge in [0.25, 0.3) is 0 Å². The van der Waals surface area contributed by atoms with Gasteiger partial charge in [0, 0.05) is 28.8 Å². The van der Waals surface area contributed by atoms with Gasteiger partial charge in [-0.1, -0.05) is 28.9 Å². The van der Waals surface area contributed by atoms with E-state index in [4.69, 9.17) is 21.9 Å². The summed E-state index contributed by atoms with van der Waals surface area (Å²) in [4.78, 5) is 0. The van der Waals surface area contributed by atoms with Gasteiger partial charge in [-0.2, -0.15) is 13.9 Å². The molecule has 2 N–H and O–H groups in total. The first kappa shape index (κ1) is 20.7. The van der Waals surface area contributed by atoms with Crippen LogP contribution in [0.1, 0.15) is 5.69 Å². The molecule has 0 saturated carbocycles. The average molecular weight is 549 g/mol. The number of halogens is 6. The Kier molecular flexibility index (Phi) is 5.22. The van der Waals surface area contributed by atoms with Crippen molar-refractivity contribution in [3.63, 3.8) is 0 Å². The van der Waals surface area contributed by atoms with Crippen molar-refractivity contribution in [2.75, 3.05) is 5.73 Å². The molecule has 0 bridgehead atoms. The van der Waals surface area contributed by atoms with Gasteiger partial charge in [-0.05, 0) is 30.3 Å². The van der Waals surface area contributed by atoms with E-state index in [2.05, 4.69) is 10.3 Å². The zero-order chi connectivity index (χ0) is 21.6. The molecule has 2 aromatic heterocycles. The highest BCUT2D eigenvalue weighted by atomic mass is 127. The fourth-order valence-electron chi connectivity index (χ4n) is 2.90. The summed E-state index contributed by atoms with van der Waals surface area (Å²) < 4.78 is 59.2. The number of hydrogen-bond donors (Lipinski definition) is 1. The van der Waals surface area contributed by atoms with Gasteiger partial charge in [0.1, 0.15) is 23.0 Å². The number of alkyl halides is 3. The van der Waals surface area contributed by atoms with Gasteiger partial charge in [0.05, 0.1) is 21.8 Å². The van der Waals surface area contributed by atoms with Crippen LogP contribution in [-0.4, -0.2) is 14.9 Å². The molecule has 11 heteroatoms. The lowest BCUT2D eigenvalue weighted by atomic mass is 10.1. The largest absolute Gasteiger partial charge is 0.394 e. The minimum atomic E-state index is -3.42. The number of benzene rings is 2. The summed E-state index contributed by atoms with van der Waals surface area (Å²) in [6.07, 6.45) is 1.21. The summed E-state index contributed by atoms with van der Waals surface area (Å²) in [6.45, 7) is 0. The van der Waals surface area contributed by atoms with Crippen LogP contribution in [0.2, 0.25) is 5.02 Å². The monoisotopic (exact) mass is 548 g/mol. The summed E-state index contributed by atoms with van der Waals surface area (Å²) in [7, 11) is 0. The van der Waals surface area contributed by atoms with Gasteiger partial charge in [0.2, 0.25) is 0 Å². The number of anilines is 1. The van der Waals surface area contributed by atoms with E-state index in [1.54, 1.807) is 0 Å². The van der Waals surface area contributed by atoms with Crippen molar-refractivity contribution in [3.8, 4) is 28.3 Å². The summed E-state index contributed by atoms with van der Waals surface area (Å²) in [6, 6.07) is 9.22. The second kappa shape index (κ2) is 7.58. The van der Waals surface area contributed by atoms with Crippen LogP contribution >= 0.6 is 34.2 Å². The first-order valence-electron chi connectivity index (χ1n) is 8.29. The molecule has 154 valence electrons. The van der Waals surface area contributed by atoms with Crippen LogP contribution in [0.5, 0.6) is 0 Å². The molecule has 0 aliphatic carbocycles. The zero-order valence-electron chi connectivity index (χ0n) is 14.7. The smallest absolute Gasteiger partial charge is 0.340 e. The van der Waals surface area contributed by atoms with Gasteiger partial charge in [-0.3, -0.25) is 0 Å². The maximum Gasteiger partial charge on any atom is 0.340 e. The summed E-state index contributed by atoms with van der Waals surface area (Å²) in [5.41, 5.74) is 4.97. The number of nitrogens with two attached hydrogens (primary N) is 1. The quantitative estimate of drug-likeness (QED) is 0.188. The second-order valence-corrected chi connectivity index (χ2v) is 7.95. The van der Waals surface area contributed by atoms with E-state index in [1.165, 1.54) is 36.5 Å². The maximum atomic E-state index is 14.3. The fourth-order valence-corrected chi connectivity index (χ4v) is 3.55. The Morgan fingerprint density at radius 2 is 1.87 bits per heavy atom. The molecule has 0 spiro atoms. The SMILES string of the molecule is Nc1c(-c2c(F)cccc2Cl)noc1-c1cn(-c2cccc(F)c2)nc1C(F)(F)I. The molecule has 5 nitrogen and oxygen atoms in total. The summed E-state index contributed by atoms with van der Waals surface area (Å²) >= 11 is 6.95. The predicted octanol–water partition coefficient (Wildman–Crippen LogP) is 6.19. The summed E-state index contributed by atoms with van der Waals surface area (Å²) in [5.74, 6) is -1.51. The van der Waals surface area contributed by atoms with Gasteiger partial charge >= 0.3 is 3.93 Å². The van der Waals surface area contributed by atoms with E-state index in [0.29, 0.717) is 0 Å². The molecule has 4 aromatic rings. The Balaban J connectivity index is 1.90. The zero-order valence-corrected chi connectivity index (χ0v) is 17.6. The molecule has 2 aromatic carbocycles.